The maximum Gasteiger partial charge on any atom is 0.352 e. The number of nitrogens with zero attached hydrogens (tertiary/aromatic N) is 3. The van der Waals surface area contributed by atoms with Crippen molar-refractivity contribution in [2.24, 2.45) is 34.5 Å². The average Bonchev–Trinajstić information content (AvgIpc) is 3.40. The van der Waals surface area contributed by atoms with Gasteiger partial charge in [0, 0.05) is 15.7 Å². The number of aliphatic hydroxyl groups is 1. The fourth-order valence-corrected chi connectivity index (χ4v) is 9.72. The number of aliphatic hydroxyl groups excluding tert-OH is 1. The molecule has 27 heavy (non-hydrogen) atoms. The van der Waals surface area contributed by atoms with Crippen LogP contribution < -0.4 is 11.4 Å². The summed E-state index contributed by atoms with van der Waals surface area (Å²) in [5.41, 5.74) is 0.431. The molecule has 5 fully saturated rings. The number of para-hydroxylation sites is 1. The van der Waals surface area contributed by atoms with Crippen LogP contribution in [0, 0.1) is 34.5 Å². The van der Waals surface area contributed by atoms with E-state index in [9.17, 15) is 14.7 Å². The highest BCUT2D eigenvalue weighted by atomic mass is 79.9. The first-order valence-electron chi connectivity index (χ1n) is 9.89. The van der Waals surface area contributed by atoms with Gasteiger partial charge in [-0.05, 0) is 48.6 Å². The van der Waals surface area contributed by atoms with Crippen LogP contribution in [0.25, 0.3) is 5.69 Å². The minimum atomic E-state index is -0.356. The van der Waals surface area contributed by atoms with Gasteiger partial charge in [-0.1, -0.05) is 34.1 Å². The molecule has 0 saturated heterocycles. The Morgan fingerprint density at radius 2 is 1.52 bits per heavy atom. The SMILES string of the molecule is O=c1n(-c2ccccc2)c(=O)n2n1[C@H]1[C@H]3[C@H]4[C@@H]3[C@H]2[C@]23C[C@H](O)[C@@H](Br)C[C@]12[C@H]43. The van der Waals surface area contributed by atoms with E-state index in [2.05, 4.69) is 15.9 Å². The maximum absolute atomic E-state index is 13.4. The summed E-state index contributed by atoms with van der Waals surface area (Å²) in [5.74, 6) is 2.38. The van der Waals surface area contributed by atoms with Crippen molar-refractivity contribution >= 4 is 15.9 Å². The van der Waals surface area contributed by atoms with Crippen LogP contribution >= 0.6 is 15.9 Å². The van der Waals surface area contributed by atoms with Crippen molar-refractivity contribution in [3.05, 3.63) is 51.3 Å². The van der Waals surface area contributed by atoms with E-state index in [4.69, 9.17) is 0 Å². The summed E-state index contributed by atoms with van der Waals surface area (Å²) in [7, 11) is 0. The Kier molecular flexibility index (Phi) is 2.02. The van der Waals surface area contributed by atoms with E-state index in [-0.39, 0.29) is 45.2 Å². The lowest BCUT2D eigenvalue weighted by atomic mass is 9.64. The Morgan fingerprint density at radius 3 is 2.15 bits per heavy atom. The molecule has 0 amide bonds. The van der Waals surface area contributed by atoms with Gasteiger partial charge in [-0.15, -0.1) is 0 Å². The molecule has 0 radical (unpaired) electrons. The summed E-state index contributed by atoms with van der Waals surface area (Å²) in [6.07, 6.45) is 1.34. The van der Waals surface area contributed by atoms with Crippen LogP contribution in [0.2, 0.25) is 0 Å². The molecule has 2 aromatic rings. The quantitative estimate of drug-likeness (QED) is 0.697. The number of halogens is 1. The first-order valence-corrected chi connectivity index (χ1v) is 10.8. The normalized spacial score (nSPS) is 53.9. The molecule has 5 aliphatic carbocycles. The van der Waals surface area contributed by atoms with Gasteiger partial charge >= 0.3 is 11.4 Å². The highest BCUT2D eigenvalue weighted by molar-refractivity contribution is 9.09. The molecular weight excluding hydrogens is 410 g/mol. The standard InChI is InChI=1S/C20H18BrN3O3/c21-9-6-19-14-11-12-13(11)16(20(14,19)7-10(9)25)24-18(27)22(8-4-2-1-3-5-8)17(26)23(24)15(12)19/h1-5,9-16,25H,6-7H2/t9-,10-,11-,12-,13-,14-,15-,16-,19-,20+/m0/s1. The van der Waals surface area contributed by atoms with E-state index < -0.39 is 0 Å². The van der Waals surface area contributed by atoms with Gasteiger partial charge in [-0.3, -0.25) is 0 Å². The Morgan fingerprint density at radius 1 is 0.926 bits per heavy atom. The lowest BCUT2D eigenvalue weighted by molar-refractivity contribution is -0.0543. The van der Waals surface area contributed by atoms with Crippen LogP contribution in [0.1, 0.15) is 24.9 Å². The molecule has 2 aliphatic heterocycles. The predicted molar refractivity (Wildman–Crippen MR) is 99.1 cm³/mol. The highest BCUT2D eigenvalue weighted by Gasteiger charge is 3.03. The van der Waals surface area contributed by atoms with Gasteiger partial charge in [0.25, 0.3) is 0 Å². The zero-order chi connectivity index (χ0) is 18.0. The number of rotatable bonds is 1. The molecule has 138 valence electrons. The molecular formula is C20H18BrN3O3. The summed E-state index contributed by atoms with van der Waals surface area (Å²) in [4.78, 5) is 26.9. The Hall–Kier alpha value is -1.60. The largest absolute Gasteiger partial charge is 0.392 e. The molecule has 2 spiro atoms. The lowest BCUT2D eigenvalue weighted by Crippen LogP contribution is -2.56. The van der Waals surface area contributed by atoms with Crippen molar-refractivity contribution in [2.45, 2.75) is 35.9 Å². The van der Waals surface area contributed by atoms with Crippen LogP contribution in [-0.2, 0) is 0 Å². The summed E-state index contributed by atoms with van der Waals surface area (Å²) in [6, 6.07) is 9.50. The molecule has 7 aliphatic rings. The molecule has 1 N–H and O–H groups in total. The van der Waals surface area contributed by atoms with Crippen molar-refractivity contribution in [1.29, 1.82) is 0 Å². The summed E-state index contributed by atoms with van der Waals surface area (Å²) < 4.78 is 5.00. The fraction of sp³-hybridized carbons (Fsp3) is 0.600. The highest BCUT2D eigenvalue weighted by Crippen LogP contribution is 3.04. The second-order valence-electron chi connectivity index (χ2n) is 9.60. The van der Waals surface area contributed by atoms with E-state index >= 15 is 0 Å². The fourth-order valence-electron chi connectivity index (χ4n) is 8.99. The van der Waals surface area contributed by atoms with Crippen LogP contribution in [0.15, 0.2) is 39.9 Å². The summed E-state index contributed by atoms with van der Waals surface area (Å²) in [5, 5.41) is 10.6. The van der Waals surface area contributed by atoms with Gasteiger partial charge < -0.3 is 5.11 Å². The Labute approximate surface area is 162 Å². The molecule has 9 rings (SSSR count). The molecule has 3 heterocycles. The molecule has 5 saturated carbocycles. The van der Waals surface area contributed by atoms with E-state index in [1.807, 2.05) is 39.7 Å². The Balaban J connectivity index is 1.44. The molecule has 2 bridgehead atoms. The lowest BCUT2D eigenvalue weighted by Gasteiger charge is -2.52. The Bertz CT molecular complexity index is 1110. The number of benzene rings is 1. The smallest absolute Gasteiger partial charge is 0.352 e. The molecule has 7 heteroatoms. The van der Waals surface area contributed by atoms with E-state index in [1.54, 1.807) is 0 Å². The van der Waals surface area contributed by atoms with Crippen molar-refractivity contribution in [2.75, 3.05) is 0 Å². The zero-order valence-corrected chi connectivity index (χ0v) is 16.0. The molecule has 0 unspecified atom stereocenters. The molecule has 6 nitrogen and oxygen atoms in total. The third kappa shape index (κ3) is 1.10. The molecule has 10 atom stereocenters. The monoisotopic (exact) mass is 427 g/mol. The van der Waals surface area contributed by atoms with Crippen molar-refractivity contribution in [3.8, 4) is 5.69 Å². The van der Waals surface area contributed by atoms with E-state index in [0.717, 1.165) is 12.8 Å². The minimum Gasteiger partial charge on any atom is -0.392 e. The van der Waals surface area contributed by atoms with Crippen molar-refractivity contribution in [3.63, 3.8) is 0 Å². The minimum absolute atomic E-state index is 0.0462. The first kappa shape index (κ1) is 14.4. The third-order valence-corrected chi connectivity index (χ3v) is 10.2. The van der Waals surface area contributed by atoms with E-state index in [1.165, 1.54) is 4.57 Å². The van der Waals surface area contributed by atoms with E-state index in [0.29, 0.717) is 29.4 Å². The first-order chi connectivity index (χ1) is 13.1. The number of hydrogen-bond acceptors (Lipinski definition) is 3. The number of aromatic nitrogens is 3. The topological polar surface area (TPSA) is 69.2 Å². The van der Waals surface area contributed by atoms with Gasteiger partial charge in [0.1, 0.15) is 0 Å². The van der Waals surface area contributed by atoms with Crippen molar-refractivity contribution < 1.29 is 5.11 Å². The van der Waals surface area contributed by atoms with Gasteiger partial charge in [-0.25, -0.2) is 23.5 Å². The van der Waals surface area contributed by atoms with Crippen LogP contribution in [-0.4, -0.2) is 30.0 Å². The van der Waals surface area contributed by atoms with Crippen LogP contribution in [0.5, 0.6) is 0 Å². The zero-order valence-electron chi connectivity index (χ0n) is 14.4. The molecule has 1 aromatic carbocycles. The van der Waals surface area contributed by atoms with Gasteiger partial charge in [0.05, 0.1) is 23.9 Å². The predicted octanol–water partition coefficient (Wildman–Crippen LogP) is 1.31. The van der Waals surface area contributed by atoms with Gasteiger partial charge in [0.2, 0.25) is 0 Å². The second-order valence-corrected chi connectivity index (χ2v) is 10.8. The second kappa shape index (κ2) is 3.79. The molecule has 1 aromatic heterocycles. The summed E-state index contributed by atoms with van der Waals surface area (Å²) >= 11 is 3.70. The summed E-state index contributed by atoms with van der Waals surface area (Å²) in [6.45, 7) is 0. The van der Waals surface area contributed by atoms with Crippen molar-refractivity contribution in [1.82, 2.24) is 13.9 Å². The maximum atomic E-state index is 13.4. The average molecular weight is 428 g/mol. The van der Waals surface area contributed by atoms with Gasteiger partial charge in [-0.2, -0.15) is 0 Å². The number of hydrogen-bond donors (Lipinski definition) is 1. The van der Waals surface area contributed by atoms with Crippen LogP contribution in [0.4, 0.5) is 0 Å². The number of alkyl halides is 1. The third-order valence-electron chi connectivity index (χ3n) is 9.30. The van der Waals surface area contributed by atoms with Gasteiger partial charge in [0.15, 0.2) is 0 Å². The van der Waals surface area contributed by atoms with Crippen LogP contribution in [0.3, 0.4) is 0 Å².